The third kappa shape index (κ3) is 3.80. The van der Waals surface area contributed by atoms with E-state index in [9.17, 15) is 9.59 Å². The highest BCUT2D eigenvalue weighted by Crippen LogP contribution is 2.24. The van der Waals surface area contributed by atoms with Crippen molar-refractivity contribution in [1.29, 1.82) is 0 Å². The second-order valence-corrected chi connectivity index (χ2v) is 7.96. The molecule has 28 heavy (non-hydrogen) atoms. The Morgan fingerprint density at radius 2 is 1.86 bits per heavy atom. The number of carbonyl (C=O) groups is 2. The van der Waals surface area contributed by atoms with Crippen LogP contribution in [0.5, 0.6) is 0 Å². The molecule has 1 fully saturated rings. The molecule has 2 aromatic rings. The van der Waals surface area contributed by atoms with Gasteiger partial charge in [-0.05, 0) is 72.7 Å². The number of amides is 2. The first kappa shape index (κ1) is 18.7. The first-order valence-corrected chi connectivity index (χ1v) is 9.92. The van der Waals surface area contributed by atoms with Crippen molar-refractivity contribution in [2.75, 3.05) is 18.4 Å². The number of benzene rings is 2. The van der Waals surface area contributed by atoms with E-state index in [1.807, 2.05) is 42.2 Å². The fourth-order valence-electron chi connectivity index (χ4n) is 4.00. The van der Waals surface area contributed by atoms with Crippen molar-refractivity contribution < 1.29 is 14.3 Å². The second kappa shape index (κ2) is 7.76. The van der Waals surface area contributed by atoms with Crippen LogP contribution in [0.2, 0.25) is 0 Å². The van der Waals surface area contributed by atoms with Crippen LogP contribution in [-0.2, 0) is 18.0 Å². The molecule has 2 aliphatic heterocycles. The van der Waals surface area contributed by atoms with Crippen LogP contribution in [0.4, 0.5) is 5.69 Å². The van der Waals surface area contributed by atoms with E-state index in [2.05, 4.69) is 12.2 Å². The van der Waals surface area contributed by atoms with Gasteiger partial charge in [0.2, 0.25) is 0 Å². The summed E-state index contributed by atoms with van der Waals surface area (Å²) in [5.41, 5.74) is 5.12. The van der Waals surface area contributed by atoms with Crippen LogP contribution in [0.15, 0.2) is 36.4 Å². The summed E-state index contributed by atoms with van der Waals surface area (Å²) in [6.45, 7) is 6.92. The molecule has 1 saturated heterocycles. The number of anilines is 1. The minimum Gasteiger partial charge on any atom is -0.372 e. The molecule has 4 rings (SSSR count). The van der Waals surface area contributed by atoms with E-state index < -0.39 is 0 Å². The Kier molecular flexibility index (Phi) is 5.18. The quantitative estimate of drug-likeness (QED) is 0.873. The van der Waals surface area contributed by atoms with Crippen LogP contribution in [0.3, 0.4) is 0 Å². The van der Waals surface area contributed by atoms with Gasteiger partial charge in [-0.3, -0.25) is 9.59 Å². The van der Waals surface area contributed by atoms with E-state index in [0.717, 1.165) is 41.9 Å². The molecule has 0 aliphatic carbocycles. The summed E-state index contributed by atoms with van der Waals surface area (Å²) in [4.78, 5) is 27.4. The number of hydrogen-bond acceptors (Lipinski definition) is 3. The van der Waals surface area contributed by atoms with Crippen LogP contribution in [-0.4, -0.2) is 29.8 Å². The van der Waals surface area contributed by atoms with Gasteiger partial charge in [0.15, 0.2) is 0 Å². The van der Waals surface area contributed by atoms with E-state index in [1.165, 1.54) is 6.42 Å². The molecule has 0 bridgehead atoms. The topological polar surface area (TPSA) is 58.6 Å². The van der Waals surface area contributed by atoms with Gasteiger partial charge in [-0.15, -0.1) is 0 Å². The Bertz CT molecular complexity index is 922. The van der Waals surface area contributed by atoms with Gasteiger partial charge < -0.3 is 15.0 Å². The van der Waals surface area contributed by atoms with Gasteiger partial charge in [0.05, 0.1) is 13.2 Å². The number of aryl methyl sites for hydroxylation is 1. The average molecular weight is 378 g/mol. The standard InChI is InChI=1S/C23H26N2O3/c1-15-4-3-9-25(12-15)23(27)18-7-8-21(16(2)10-18)24-22(26)17-5-6-19-13-28-14-20(19)11-17/h5-8,10-11,15H,3-4,9,12-14H2,1-2H3,(H,24,26). The molecule has 1 unspecified atom stereocenters. The Labute approximate surface area is 165 Å². The largest absolute Gasteiger partial charge is 0.372 e. The van der Waals surface area contributed by atoms with Crippen molar-refractivity contribution in [3.05, 3.63) is 64.2 Å². The van der Waals surface area contributed by atoms with Gasteiger partial charge in [0, 0.05) is 29.9 Å². The highest BCUT2D eigenvalue weighted by atomic mass is 16.5. The molecule has 2 amide bonds. The maximum atomic E-state index is 12.8. The molecular weight excluding hydrogens is 352 g/mol. The monoisotopic (exact) mass is 378 g/mol. The second-order valence-electron chi connectivity index (χ2n) is 7.96. The van der Waals surface area contributed by atoms with Crippen LogP contribution >= 0.6 is 0 Å². The SMILES string of the molecule is Cc1cc(C(=O)N2CCCC(C)C2)ccc1NC(=O)c1ccc2c(c1)COC2. The minimum atomic E-state index is -0.151. The summed E-state index contributed by atoms with van der Waals surface area (Å²) in [5, 5.41) is 2.97. The normalized spacial score (nSPS) is 18.6. The number of likely N-dealkylation sites (tertiary alicyclic amines) is 1. The summed E-state index contributed by atoms with van der Waals surface area (Å²) in [7, 11) is 0. The van der Waals surface area contributed by atoms with Crippen molar-refractivity contribution in [2.24, 2.45) is 5.92 Å². The molecular formula is C23H26N2O3. The number of carbonyl (C=O) groups excluding carboxylic acids is 2. The number of ether oxygens (including phenoxy) is 1. The Morgan fingerprint density at radius 1 is 1.07 bits per heavy atom. The van der Waals surface area contributed by atoms with Crippen LogP contribution in [0.25, 0.3) is 0 Å². The molecule has 0 saturated carbocycles. The summed E-state index contributed by atoms with van der Waals surface area (Å²) in [5.74, 6) is 0.475. The molecule has 5 nitrogen and oxygen atoms in total. The van der Waals surface area contributed by atoms with Crippen molar-refractivity contribution in [3.8, 4) is 0 Å². The fraction of sp³-hybridized carbons (Fsp3) is 0.391. The smallest absolute Gasteiger partial charge is 0.255 e. The first-order chi connectivity index (χ1) is 13.5. The van der Waals surface area contributed by atoms with Crippen LogP contribution in [0.1, 0.15) is 57.2 Å². The Morgan fingerprint density at radius 3 is 2.64 bits per heavy atom. The van der Waals surface area contributed by atoms with Crippen molar-refractivity contribution >= 4 is 17.5 Å². The molecule has 0 aromatic heterocycles. The fourth-order valence-corrected chi connectivity index (χ4v) is 4.00. The summed E-state index contributed by atoms with van der Waals surface area (Å²) in [6.07, 6.45) is 2.24. The zero-order valence-electron chi connectivity index (χ0n) is 16.5. The highest BCUT2D eigenvalue weighted by Gasteiger charge is 2.22. The third-order valence-electron chi connectivity index (χ3n) is 5.65. The average Bonchev–Trinajstić information content (AvgIpc) is 3.16. The van der Waals surface area contributed by atoms with E-state index in [0.29, 0.717) is 30.3 Å². The highest BCUT2D eigenvalue weighted by molar-refractivity contribution is 6.05. The molecule has 0 radical (unpaired) electrons. The molecule has 2 aliphatic rings. The summed E-state index contributed by atoms with van der Waals surface area (Å²) in [6, 6.07) is 11.2. The molecule has 146 valence electrons. The number of fused-ring (bicyclic) bond motifs is 1. The number of nitrogens with zero attached hydrogens (tertiary/aromatic N) is 1. The van der Waals surface area contributed by atoms with Crippen LogP contribution < -0.4 is 5.32 Å². The lowest BCUT2D eigenvalue weighted by molar-refractivity contribution is 0.0683. The lowest BCUT2D eigenvalue weighted by Gasteiger charge is -2.31. The number of rotatable bonds is 3. The first-order valence-electron chi connectivity index (χ1n) is 9.92. The van der Waals surface area contributed by atoms with E-state index in [1.54, 1.807) is 6.07 Å². The predicted octanol–water partition coefficient (Wildman–Crippen LogP) is 4.15. The van der Waals surface area contributed by atoms with Crippen molar-refractivity contribution in [1.82, 2.24) is 4.90 Å². The lowest BCUT2D eigenvalue weighted by atomic mass is 9.99. The minimum absolute atomic E-state index is 0.0751. The number of hydrogen-bond donors (Lipinski definition) is 1. The number of piperidine rings is 1. The van der Waals surface area contributed by atoms with Gasteiger partial charge in [-0.2, -0.15) is 0 Å². The Balaban J connectivity index is 1.47. The molecule has 1 atom stereocenters. The molecule has 2 heterocycles. The van der Waals surface area contributed by atoms with Crippen LogP contribution in [0, 0.1) is 12.8 Å². The predicted molar refractivity (Wildman–Crippen MR) is 108 cm³/mol. The van der Waals surface area contributed by atoms with E-state index in [-0.39, 0.29) is 11.8 Å². The molecule has 5 heteroatoms. The van der Waals surface area contributed by atoms with Gasteiger partial charge in [-0.25, -0.2) is 0 Å². The molecule has 1 N–H and O–H groups in total. The van der Waals surface area contributed by atoms with Gasteiger partial charge in [0.1, 0.15) is 0 Å². The van der Waals surface area contributed by atoms with Gasteiger partial charge in [0.25, 0.3) is 11.8 Å². The van der Waals surface area contributed by atoms with Crippen molar-refractivity contribution in [2.45, 2.75) is 39.9 Å². The molecule has 0 spiro atoms. The summed E-state index contributed by atoms with van der Waals surface area (Å²) < 4.78 is 5.41. The summed E-state index contributed by atoms with van der Waals surface area (Å²) >= 11 is 0. The molecule has 2 aromatic carbocycles. The van der Waals surface area contributed by atoms with E-state index in [4.69, 9.17) is 4.74 Å². The van der Waals surface area contributed by atoms with Gasteiger partial charge in [-0.1, -0.05) is 13.0 Å². The third-order valence-corrected chi connectivity index (χ3v) is 5.65. The van der Waals surface area contributed by atoms with Crippen molar-refractivity contribution in [3.63, 3.8) is 0 Å². The zero-order valence-corrected chi connectivity index (χ0v) is 16.5. The number of nitrogens with one attached hydrogen (secondary N) is 1. The maximum Gasteiger partial charge on any atom is 0.255 e. The van der Waals surface area contributed by atoms with E-state index >= 15 is 0 Å². The van der Waals surface area contributed by atoms with Gasteiger partial charge >= 0.3 is 0 Å². The zero-order chi connectivity index (χ0) is 19.7. The maximum absolute atomic E-state index is 12.8. The Hall–Kier alpha value is -2.66. The lowest BCUT2D eigenvalue weighted by Crippen LogP contribution is -2.39.